The quantitative estimate of drug-likeness (QED) is 0.622. The van der Waals surface area contributed by atoms with Crippen LogP contribution in [-0.4, -0.2) is 41.6 Å². The molecule has 3 heteroatoms. The van der Waals surface area contributed by atoms with Gasteiger partial charge in [0.05, 0.1) is 6.10 Å². The van der Waals surface area contributed by atoms with Crippen molar-refractivity contribution in [2.75, 3.05) is 25.5 Å². The van der Waals surface area contributed by atoms with E-state index >= 15 is 0 Å². The monoisotopic (exact) mass is 291 g/mol. The van der Waals surface area contributed by atoms with E-state index in [1.54, 1.807) is 0 Å². The van der Waals surface area contributed by atoms with Gasteiger partial charge < -0.3 is 10.0 Å². The molecule has 0 aromatic carbocycles. The van der Waals surface area contributed by atoms with Gasteiger partial charge in [-0.15, -0.1) is 0 Å². The molecule has 0 heterocycles. The first-order chi connectivity index (χ1) is 7.58. The smallest absolute Gasteiger partial charge is 0.0638 e. The Kier molecular flexibility index (Phi) is 6.30. The lowest BCUT2D eigenvalue weighted by molar-refractivity contribution is 0.106. The van der Waals surface area contributed by atoms with Crippen LogP contribution in [0.1, 0.15) is 45.4 Å². The van der Waals surface area contributed by atoms with Crippen molar-refractivity contribution < 1.29 is 5.11 Å². The Morgan fingerprint density at radius 1 is 1.25 bits per heavy atom. The minimum Gasteiger partial charge on any atom is -0.392 e. The number of alkyl halides is 1. The van der Waals surface area contributed by atoms with Crippen LogP contribution in [0, 0.1) is 5.41 Å². The van der Waals surface area contributed by atoms with Gasteiger partial charge >= 0.3 is 0 Å². The summed E-state index contributed by atoms with van der Waals surface area (Å²) in [6.07, 6.45) is 7.99. The van der Waals surface area contributed by atoms with Gasteiger partial charge in [-0.2, -0.15) is 0 Å². The highest BCUT2D eigenvalue weighted by Gasteiger charge is 2.31. The van der Waals surface area contributed by atoms with Crippen molar-refractivity contribution in [3.63, 3.8) is 0 Å². The Bertz CT molecular complexity index is 188. The third-order valence-corrected chi connectivity index (χ3v) is 4.82. The summed E-state index contributed by atoms with van der Waals surface area (Å²) in [5.74, 6) is 0. The highest BCUT2D eigenvalue weighted by molar-refractivity contribution is 9.09. The minimum absolute atomic E-state index is 0.219. The van der Waals surface area contributed by atoms with Gasteiger partial charge in [-0.25, -0.2) is 0 Å². The Balaban J connectivity index is 2.50. The highest BCUT2D eigenvalue weighted by Crippen LogP contribution is 2.37. The zero-order valence-electron chi connectivity index (χ0n) is 10.7. The van der Waals surface area contributed by atoms with Gasteiger partial charge in [0, 0.05) is 18.4 Å². The lowest BCUT2D eigenvalue weighted by atomic mass is 9.82. The summed E-state index contributed by atoms with van der Waals surface area (Å²) >= 11 is 3.71. The van der Waals surface area contributed by atoms with Crippen LogP contribution in [0.3, 0.4) is 0 Å². The van der Waals surface area contributed by atoms with Gasteiger partial charge in [0.15, 0.2) is 0 Å². The van der Waals surface area contributed by atoms with Crippen LogP contribution in [0.4, 0.5) is 0 Å². The molecule has 1 atom stereocenters. The summed E-state index contributed by atoms with van der Waals surface area (Å²) in [7, 11) is 2.13. The third kappa shape index (κ3) is 4.72. The predicted octanol–water partition coefficient (Wildman–Crippen LogP) is 3.03. The van der Waals surface area contributed by atoms with E-state index in [9.17, 15) is 5.11 Å². The number of hydrogen-bond acceptors (Lipinski definition) is 2. The van der Waals surface area contributed by atoms with Crippen molar-refractivity contribution in [3.8, 4) is 0 Å². The van der Waals surface area contributed by atoms with Crippen LogP contribution in [0.2, 0.25) is 0 Å². The fourth-order valence-electron chi connectivity index (χ4n) is 2.90. The van der Waals surface area contributed by atoms with E-state index in [1.807, 2.05) is 6.92 Å². The van der Waals surface area contributed by atoms with Crippen molar-refractivity contribution in [2.45, 2.75) is 51.6 Å². The average molecular weight is 292 g/mol. The molecule has 1 aliphatic carbocycles. The second-order valence-corrected chi connectivity index (χ2v) is 6.15. The van der Waals surface area contributed by atoms with Crippen LogP contribution in [0.5, 0.6) is 0 Å². The Morgan fingerprint density at radius 2 is 1.81 bits per heavy atom. The lowest BCUT2D eigenvalue weighted by Gasteiger charge is -2.35. The fraction of sp³-hybridized carbons (Fsp3) is 1.00. The van der Waals surface area contributed by atoms with Gasteiger partial charge in [0.2, 0.25) is 0 Å². The maximum Gasteiger partial charge on any atom is 0.0638 e. The molecule has 1 rings (SSSR count). The molecule has 0 spiro atoms. The molecule has 1 fully saturated rings. The minimum atomic E-state index is -0.219. The van der Waals surface area contributed by atoms with Gasteiger partial charge in [0.1, 0.15) is 0 Å². The van der Waals surface area contributed by atoms with Gasteiger partial charge in [0.25, 0.3) is 0 Å². The summed E-state index contributed by atoms with van der Waals surface area (Å²) in [4.78, 5) is 2.29. The summed E-state index contributed by atoms with van der Waals surface area (Å²) in [6.45, 7) is 3.77. The zero-order valence-corrected chi connectivity index (χ0v) is 12.3. The molecular formula is C13H26BrNO. The first-order valence-corrected chi connectivity index (χ1v) is 7.63. The molecule has 1 saturated carbocycles. The molecule has 0 bridgehead atoms. The molecule has 0 aromatic heterocycles. The Labute approximate surface area is 109 Å². The summed E-state index contributed by atoms with van der Waals surface area (Å²) in [5.41, 5.74) is 0.445. The molecule has 1 aliphatic rings. The molecule has 0 saturated heterocycles. The normalized spacial score (nSPS) is 23.1. The summed E-state index contributed by atoms with van der Waals surface area (Å²) < 4.78 is 0. The van der Waals surface area contributed by atoms with Gasteiger partial charge in [-0.3, -0.25) is 0 Å². The molecular weight excluding hydrogens is 266 g/mol. The third-order valence-electron chi connectivity index (χ3n) is 3.63. The molecule has 16 heavy (non-hydrogen) atoms. The van der Waals surface area contributed by atoms with Crippen molar-refractivity contribution in [1.82, 2.24) is 4.90 Å². The predicted molar refractivity (Wildman–Crippen MR) is 73.1 cm³/mol. The fourth-order valence-corrected chi connectivity index (χ4v) is 3.64. The molecule has 0 aliphatic heterocycles. The number of nitrogens with zero attached hydrogens (tertiary/aromatic N) is 1. The first kappa shape index (κ1) is 14.5. The number of aliphatic hydroxyl groups excluding tert-OH is 1. The zero-order chi connectivity index (χ0) is 12.0. The van der Waals surface area contributed by atoms with E-state index in [0.29, 0.717) is 5.41 Å². The van der Waals surface area contributed by atoms with E-state index in [-0.39, 0.29) is 6.10 Å². The Morgan fingerprint density at radius 3 is 2.25 bits per heavy atom. The molecule has 1 unspecified atom stereocenters. The molecule has 0 amide bonds. The first-order valence-electron chi connectivity index (χ1n) is 6.50. The molecule has 1 N–H and O–H groups in total. The Hall–Kier alpha value is 0.400. The summed E-state index contributed by atoms with van der Waals surface area (Å²) in [6, 6.07) is 0. The maximum absolute atomic E-state index is 9.41. The number of likely N-dealkylation sites (N-methyl/N-ethyl adjacent to an activating group) is 1. The van der Waals surface area contributed by atoms with E-state index in [1.165, 1.54) is 38.5 Å². The van der Waals surface area contributed by atoms with Crippen molar-refractivity contribution in [3.05, 3.63) is 0 Å². The SMILES string of the molecule is CC(O)CN(C)CC1(CBr)CCCCCC1. The highest BCUT2D eigenvalue weighted by atomic mass is 79.9. The average Bonchev–Trinajstić information content (AvgIpc) is 2.43. The molecule has 96 valence electrons. The van der Waals surface area contributed by atoms with Crippen LogP contribution >= 0.6 is 15.9 Å². The lowest BCUT2D eigenvalue weighted by Crippen LogP contribution is -2.39. The number of rotatable bonds is 5. The van der Waals surface area contributed by atoms with E-state index in [2.05, 4.69) is 27.9 Å². The van der Waals surface area contributed by atoms with Crippen LogP contribution in [0.25, 0.3) is 0 Å². The molecule has 0 radical (unpaired) electrons. The topological polar surface area (TPSA) is 23.5 Å². The molecule has 2 nitrogen and oxygen atoms in total. The van der Waals surface area contributed by atoms with Gasteiger partial charge in [-0.05, 0) is 32.2 Å². The van der Waals surface area contributed by atoms with Crippen LogP contribution < -0.4 is 0 Å². The summed E-state index contributed by atoms with van der Waals surface area (Å²) in [5, 5.41) is 10.5. The van der Waals surface area contributed by atoms with Crippen molar-refractivity contribution in [2.24, 2.45) is 5.41 Å². The van der Waals surface area contributed by atoms with Gasteiger partial charge in [-0.1, -0.05) is 41.6 Å². The van der Waals surface area contributed by atoms with Crippen LogP contribution in [0.15, 0.2) is 0 Å². The number of aliphatic hydroxyl groups is 1. The van der Waals surface area contributed by atoms with E-state index < -0.39 is 0 Å². The van der Waals surface area contributed by atoms with Crippen molar-refractivity contribution >= 4 is 15.9 Å². The molecule has 0 aromatic rings. The second-order valence-electron chi connectivity index (χ2n) is 5.59. The number of hydrogen-bond donors (Lipinski definition) is 1. The maximum atomic E-state index is 9.41. The number of halogens is 1. The van der Waals surface area contributed by atoms with E-state index in [4.69, 9.17) is 0 Å². The van der Waals surface area contributed by atoms with E-state index in [0.717, 1.165) is 18.4 Å². The van der Waals surface area contributed by atoms with Crippen molar-refractivity contribution in [1.29, 1.82) is 0 Å². The standard InChI is InChI=1S/C13H26BrNO/c1-12(16)9-15(2)11-13(10-14)7-5-3-4-6-8-13/h12,16H,3-11H2,1-2H3. The largest absolute Gasteiger partial charge is 0.392 e. The second kappa shape index (κ2) is 6.97. The van der Waals surface area contributed by atoms with Crippen LogP contribution in [-0.2, 0) is 0 Å².